The number of aryl methyl sites for hydroxylation is 1. The average molecular weight is 295 g/mol. The molecule has 2 rings (SSSR count). The molecule has 0 radical (unpaired) electrons. The summed E-state index contributed by atoms with van der Waals surface area (Å²) in [6, 6.07) is 2.60. The Balaban J connectivity index is 2.07. The fourth-order valence-electron chi connectivity index (χ4n) is 3.70. The van der Waals surface area contributed by atoms with Gasteiger partial charge in [0.2, 0.25) is 0 Å². The first-order chi connectivity index (χ1) is 9.69. The fourth-order valence-corrected chi connectivity index (χ4v) is 4.40. The molecule has 1 aliphatic rings. The van der Waals surface area contributed by atoms with Gasteiger partial charge in [-0.15, -0.1) is 0 Å². The van der Waals surface area contributed by atoms with E-state index in [1.807, 2.05) is 0 Å². The van der Waals surface area contributed by atoms with Gasteiger partial charge in [-0.25, -0.2) is 0 Å². The van der Waals surface area contributed by atoms with E-state index in [1.54, 1.807) is 11.3 Å². The van der Waals surface area contributed by atoms with Crippen LogP contribution in [0.1, 0.15) is 50.5 Å². The Labute approximate surface area is 127 Å². The molecule has 0 bridgehead atoms. The van der Waals surface area contributed by atoms with Crippen LogP contribution in [0.2, 0.25) is 0 Å². The Morgan fingerprint density at radius 1 is 1.30 bits per heavy atom. The Bertz CT molecular complexity index is 367. The minimum Gasteiger partial charge on any atom is -0.302 e. The number of thiophene rings is 1. The van der Waals surface area contributed by atoms with Crippen LogP contribution in [0, 0.1) is 0 Å². The molecule has 1 aromatic heterocycles. The zero-order valence-electron chi connectivity index (χ0n) is 12.9. The lowest BCUT2D eigenvalue weighted by molar-refractivity contribution is 0.0764. The van der Waals surface area contributed by atoms with E-state index < -0.39 is 0 Å². The Hall–Kier alpha value is -0.420. The molecule has 114 valence electrons. The minimum absolute atomic E-state index is 0.223. The van der Waals surface area contributed by atoms with Gasteiger partial charge in [0.05, 0.1) is 0 Å². The van der Waals surface area contributed by atoms with E-state index in [4.69, 9.17) is 5.84 Å². The van der Waals surface area contributed by atoms with E-state index in [2.05, 4.69) is 41.2 Å². The summed E-state index contributed by atoms with van der Waals surface area (Å²) in [4.78, 5) is 2.43. The smallest absolute Gasteiger partial charge is 0.0397 e. The highest BCUT2D eigenvalue weighted by molar-refractivity contribution is 7.07. The normalized spacial score (nSPS) is 20.8. The Morgan fingerprint density at radius 3 is 2.50 bits per heavy atom. The summed E-state index contributed by atoms with van der Waals surface area (Å²) < 4.78 is 0. The van der Waals surface area contributed by atoms with E-state index in [0.29, 0.717) is 6.04 Å². The van der Waals surface area contributed by atoms with Crippen molar-refractivity contribution in [2.75, 3.05) is 14.1 Å². The highest BCUT2D eigenvalue weighted by Crippen LogP contribution is 2.35. The van der Waals surface area contributed by atoms with Crippen molar-refractivity contribution in [3.8, 4) is 0 Å². The lowest BCUT2D eigenvalue weighted by Gasteiger charge is -2.45. The van der Waals surface area contributed by atoms with Crippen molar-refractivity contribution in [1.29, 1.82) is 0 Å². The summed E-state index contributed by atoms with van der Waals surface area (Å²) in [6.07, 6.45) is 10.2. The maximum Gasteiger partial charge on any atom is 0.0397 e. The number of hydrogen-bond acceptors (Lipinski definition) is 4. The van der Waals surface area contributed by atoms with Crippen LogP contribution in [-0.4, -0.2) is 30.6 Å². The molecule has 1 unspecified atom stereocenters. The lowest BCUT2D eigenvalue weighted by atomic mass is 9.79. The van der Waals surface area contributed by atoms with Crippen LogP contribution in [-0.2, 0) is 6.42 Å². The van der Waals surface area contributed by atoms with Gasteiger partial charge in [-0.2, -0.15) is 11.3 Å². The maximum atomic E-state index is 5.94. The zero-order valence-corrected chi connectivity index (χ0v) is 13.7. The molecular weight excluding hydrogens is 266 g/mol. The van der Waals surface area contributed by atoms with Gasteiger partial charge in [0, 0.05) is 11.6 Å². The highest BCUT2D eigenvalue weighted by Gasteiger charge is 2.40. The van der Waals surface area contributed by atoms with Gasteiger partial charge in [0.25, 0.3) is 0 Å². The fraction of sp³-hybridized carbons (Fsp3) is 0.750. The third-order valence-corrected chi connectivity index (χ3v) is 5.74. The van der Waals surface area contributed by atoms with Crippen LogP contribution < -0.4 is 11.3 Å². The van der Waals surface area contributed by atoms with Gasteiger partial charge in [-0.1, -0.05) is 25.7 Å². The van der Waals surface area contributed by atoms with Gasteiger partial charge >= 0.3 is 0 Å². The van der Waals surface area contributed by atoms with Crippen LogP contribution in [0.5, 0.6) is 0 Å². The molecule has 1 fully saturated rings. The molecule has 20 heavy (non-hydrogen) atoms. The first-order valence-corrected chi connectivity index (χ1v) is 8.78. The van der Waals surface area contributed by atoms with Crippen molar-refractivity contribution in [3.63, 3.8) is 0 Å². The third-order valence-electron chi connectivity index (χ3n) is 5.01. The summed E-state index contributed by atoms with van der Waals surface area (Å²) in [5.74, 6) is 5.94. The van der Waals surface area contributed by atoms with Gasteiger partial charge in [-0.3, -0.25) is 11.3 Å². The van der Waals surface area contributed by atoms with E-state index >= 15 is 0 Å². The summed E-state index contributed by atoms with van der Waals surface area (Å²) in [7, 11) is 4.44. The molecule has 1 heterocycles. The molecule has 3 N–H and O–H groups in total. The first-order valence-electron chi connectivity index (χ1n) is 7.84. The predicted molar refractivity (Wildman–Crippen MR) is 87.9 cm³/mol. The van der Waals surface area contributed by atoms with E-state index in [1.165, 1.54) is 44.1 Å². The number of nitrogens with zero attached hydrogens (tertiary/aromatic N) is 1. The van der Waals surface area contributed by atoms with Crippen molar-refractivity contribution in [2.45, 2.75) is 62.9 Å². The average Bonchev–Trinajstić information content (AvgIpc) is 2.83. The number of hydrazine groups is 1. The van der Waals surface area contributed by atoms with Crippen molar-refractivity contribution in [1.82, 2.24) is 10.3 Å². The van der Waals surface area contributed by atoms with Crippen LogP contribution in [0.15, 0.2) is 16.8 Å². The maximum absolute atomic E-state index is 5.94. The molecule has 0 saturated heterocycles. The predicted octanol–water partition coefficient (Wildman–Crippen LogP) is 3.17. The second kappa shape index (κ2) is 7.55. The number of nitrogens with one attached hydrogen (secondary N) is 1. The van der Waals surface area contributed by atoms with E-state index in [-0.39, 0.29) is 5.54 Å². The molecule has 3 nitrogen and oxygen atoms in total. The van der Waals surface area contributed by atoms with Crippen LogP contribution in [0.25, 0.3) is 0 Å². The van der Waals surface area contributed by atoms with Gasteiger partial charge < -0.3 is 4.90 Å². The number of hydrogen-bond donors (Lipinski definition) is 2. The zero-order chi connectivity index (χ0) is 14.4. The van der Waals surface area contributed by atoms with Gasteiger partial charge in [-0.05, 0) is 62.2 Å². The molecule has 0 amide bonds. The molecule has 4 heteroatoms. The van der Waals surface area contributed by atoms with Crippen molar-refractivity contribution < 1.29 is 0 Å². The number of nitrogens with two attached hydrogens (primary N) is 1. The van der Waals surface area contributed by atoms with Crippen molar-refractivity contribution in [2.24, 2.45) is 5.84 Å². The standard InChI is InChI=1S/C16H29N3S/c1-19(2)16(10-5-3-4-6-11-16)15(18-17)8-7-14-9-12-20-13-14/h9,12-13,15,18H,3-8,10-11,17H2,1-2H3. The largest absolute Gasteiger partial charge is 0.302 e. The second-order valence-corrected chi connectivity index (χ2v) is 7.08. The highest BCUT2D eigenvalue weighted by atomic mass is 32.1. The van der Waals surface area contributed by atoms with Gasteiger partial charge in [0.1, 0.15) is 0 Å². The third kappa shape index (κ3) is 3.61. The van der Waals surface area contributed by atoms with Gasteiger partial charge in [0.15, 0.2) is 0 Å². The number of likely N-dealkylation sites (N-methyl/N-ethyl adjacent to an activating group) is 1. The molecule has 1 atom stereocenters. The summed E-state index contributed by atoms with van der Waals surface area (Å²) in [6.45, 7) is 0. The molecule has 1 aliphatic carbocycles. The second-order valence-electron chi connectivity index (χ2n) is 6.30. The quantitative estimate of drug-likeness (QED) is 0.481. The summed E-state index contributed by atoms with van der Waals surface area (Å²) >= 11 is 1.78. The van der Waals surface area contributed by atoms with Crippen molar-refractivity contribution in [3.05, 3.63) is 22.4 Å². The lowest BCUT2D eigenvalue weighted by Crippen LogP contribution is -2.60. The topological polar surface area (TPSA) is 41.3 Å². The molecule has 0 aliphatic heterocycles. The van der Waals surface area contributed by atoms with Crippen molar-refractivity contribution >= 4 is 11.3 Å². The summed E-state index contributed by atoms with van der Waals surface area (Å²) in [5.41, 5.74) is 4.81. The molecule has 1 saturated carbocycles. The summed E-state index contributed by atoms with van der Waals surface area (Å²) in [5, 5.41) is 4.41. The van der Waals surface area contributed by atoms with E-state index in [9.17, 15) is 0 Å². The van der Waals surface area contributed by atoms with Crippen LogP contribution >= 0.6 is 11.3 Å². The van der Waals surface area contributed by atoms with Crippen LogP contribution in [0.3, 0.4) is 0 Å². The number of rotatable bonds is 6. The minimum atomic E-state index is 0.223. The molecular formula is C16H29N3S. The Morgan fingerprint density at radius 2 is 2.00 bits per heavy atom. The van der Waals surface area contributed by atoms with Crippen LogP contribution in [0.4, 0.5) is 0 Å². The Kier molecular flexibility index (Phi) is 6.02. The molecule has 0 spiro atoms. The molecule has 1 aromatic rings. The first kappa shape index (κ1) is 16.0. The SMILES string of the molecule is CN(C)C1(C(CCc2ccsc2)NN)CCCCCC1. The monoisotopic (exact) mass is 295 g/mol. The molecule has 0 aromatic carbocycles. The van der Waals surface area contributed by atoms with E-state index in [0.717, 1.165) is 12.8 Å².